The molecule has 0 aliphatic carbocycles. The maximum absolute atomic E-state index is 8.91. The van der Waals surface area contributed by atoms with Gasteiger partial charge in [-0.1, -0.05) is 17.8 Å². The van der Waals surface area contributed by atoms with E-state index in [1.54, 1.807) is 12.3 Å². The summed E-state index contributed by atoms with van der Waals surface area (Å²) in [7, 11) is 0. The van der Waals surface area contributed by atoms with Crippen molar-refractivity contribution in [3.05, 3.63) is 29.6 Å². The Bertz CT molecular complexity index is 563. The van der Waals surface area contributed by atoms with Gasteiger partial charge in [0.1, 0.15) is 11.8 Å². The first-order chi connectivity index (χ1) is 8.85. The highest BCUT2D eigenvalue weighted by atomic mass is 32.2. The van der Waals surface area contributed by atoms with E-state index in [0.717, 1.165) is 5.56 Å². The van der Waals surface area contributed by atoms with Crippen LogP contribution in [0.4, 0.5) is 0 Å². The highest BCUT2D eigenvalue weighted by molar-refractivity contribution is 7.98. The summed E-state index contributed by atoms with van der Waals surface area (Å²) in [4.78, 5) is 3.98. The molecule has 0 radical (unpaired) electrons. The predicted molar refractivity (Wildman–Crippen MR) is 63.4 cm³/mol. The summed E-state index contributed by atoms with van der Waals surface area (Å²) in [6, 6.07) is 5.67. The number of hydrogen-bond donors (Lipinski definition) is 1. The summed E-state index contributed by atoms with van der Waals surface area (Å²) in [6.45, 7) is 0.336. The summed E-state index contributed by atoms with van der Waals surface area (Å²) in [5.74, 6) is 0.558. The summed E-state index contributed by atoms with van der Waals surface area (Å²) in [5.41, 5.74) is 1.25. The minimum absolute atomic E-state index is 0.0189. The van der Waals surface area contributed by atoms with Gasteiger partial charge in [0.05, 0.1) is 13.2 Å². The van der Waals surface area contributed by atoms with Crippen LogP contribution in [0.25, 0.3) is 0 Å². The Morgan fingerprint density at radius 2 is 2.39 bits per heavy atom. The van der Waals surface area contributed by atoms with Gasteiger partial charge in [0.2, 0.25) is 5.16 Å². The van der Waals surface area contributed by atoms with Gasteiger partial charge in [-0.15, -0.1) is 5.10 Å². The fourth-order valence-electron chi connectivity index (χ4n) is 1.33. The lowest BCUT2D eigenvalue weighted by atomic mass is 10.2. The Morgan fingerprint density at radius 3 is 3.17 bits per heavy atom. The van der Waals surface area contributed by atoms with E-state index in [0.29, 0.717) is 23.1 Å². The molecule has 2 aromatic rings. The molecule has 0 aliphatic heterocycles. The van der Waals surface area contributed by atoms with Crippen LogP contribution in [0.1, 0.15) is 11.3 Å². The summed E-state index contributed by atoms with van der Waals surface area (Å²) in [6.07, 6.45) is 1.59. The first-order valence-electron chi connectivity index (χ1n) is 5.19. The topological polar surface area (TPSA) is 101 Å². The van der Waals surface area contributed by atoms with Crippen LogP contribution in [0.15, 0.2) is 23.5 Å². The van der Waals surface area contributed by atoms with Crippen LogP contribution in [0.5, 0.6) is 0 Å². The number of thioether (sulfide) groups is 1. The molecule has 0 saturated heterocycles. The number of nitriles is 1. The molecule has 2 aromatic heterocycles. The molecule has 0 aliphatic rings. The van der Waals surface area contributed by atoms with Crippen molar-refractivity contribution in [2.24, 2.45) is 0 Å². The third kappa shape index (κ3) is 2.82. The Balaban J connectivity index is 2.07. The number of aliphatic hydroxyl groups excluding tert-OH is 1. The molecule has 7 nitrogen and oxygen atoms in total. The van der Waals surface area contributed by atoms with Crippen LogP contribution in [0, 0.1) is 11.3 Å². The SMILES string of the molecule is N#Cc1ncccc1CSc1nnnn1CCO. The van der Waals surface area contributed by atoms with Crippen LogP contribution in [0.2, 0.25) is 0 Å². The molecule has 0 aromatic carbocycles. The first-order valence-corrected chi connectivity index (χ1v) is 6.17. The highest BCUT2D eigenvalue weighted by Crippen LogP contribution is 2.20. The number of pyridine rings is 1. The number of aromatic nitrogens is 5. The number of aliphatic hydroxyl groups is 1. The molecule has 2 heterocycles. The second-order valence-corrected chi connectivity index (χ2v) is 4.26. The van der Waals surface area contributed by atoms with E-state index in [-0.39, 0.29) is 6.61 Å². The van der Waals surface area contributed by atoms with Gasteiger partial charge in [-0.25, -0.2) is 9.67 Å². The molecular weight excluding hydrogens is 252 g/mol. The van der Waals surface area contributed by atoms with Gasteiger partial charge in [0, 0.05) is 11.9 Å². The van der Waals surface area contributed by atoms with Crippen molar-refractivity contribution < 1.29 is 5.11 Å². The minimum atomic E-state index is -0.0189. The zero-order chi connectivity index (χ0) is 12.8. The molecule has 0 unspecified atom stereocenters. The lowest BCUT2D eigenvalue weighted by Gasteiger charge is -2.03. The summed E-state index contributed by atoms with van der Waals surface area (Å²) in [5, 5.41) is 29.5. The van der Waals surface area contributed by atoms with E-state index < -0.39 is 0 Å². The van der Waals surface area contributed by atoms with Crippen molar-refractivity contribution in [3.63, 3.8) is 0 Å². The van der Waals surface area contributed by atoms with Gasteiger partial charge in [-0.05, 0) is 22.1 Å². The van der Waals surface area contributed by atoms with Gasteiger partial charge in [-0.3, -0.25) is 0 Å². The van der Waals surface area contributed by atoms with Crippen LogP contribution in [-0.4, -0.2) is 36.9 Å². The van der Waals surface area contributed by atoms with E-state index in [1.807, 2.05) is 12.1 Å². The third-order valence-electron chi connectivity index (χ3n) is 2.16. The largest absolute Gasteiger partial charge is 0.394 e. The smallest absolute Gasteiger partial charge is 0.209 e. The van der Waals surface area contributed by atoms with Crippen LogP contribution >= 0.6 is 11.8 Å². The van der Waals surface area contributed by atoms with Crippen molar-refractivity contribution in [2.75, 3.05) is 6.61 Å². The lowest BCUT2D eigenvalue weighted by Crippen LogP contribution is -2.05. The Kier molecular flexibility index (Phi) is 4.22. The van der Waals surface area contributed by atoms with Crippen molar-refractivity contribution >= 4 is 11.8 Å². The normalized spacial score (nSPS) is 10.2. The molecule has 92 valence electrons. The van der Waals surface area contributed by atoms with E-state index in [9.17, 15) is 0 Å². The maximum atomic E-state index is 8.91. The molecule has 1 N–H and O–H groups in total. The Labute approximate surface area is 107 Å². The summed E-state index contributed by atoms with van der Waals surface area (Å²) >= 11 is 1.40. The second kappa shape index (κ2) is 6.09. The quantitative estimate of drug-likeness (QED) is 0.769. The zero-order valence-corrected chi connectivity index (χ0v) is 10.2. The molecule has 0 atom stereocenters. The molecule has 0 amide bonds. The van der Waals surface area contributed by atoms with Crippen molar-refractivity contribution in [1.29, 1.82) is 5.26 Å². The Hall–Kier alpha value is -1.98. The number of rotatable bonds is 5. The molecule has 0 bridgehead atoms. The van der Waals surface area contributed by atoms with Gasteiger partial charge in [0.15, 0.2) is 0 Å². The first kappa shape index (κ1) is 12.5. The highest BCUT2D eigenvalue weighted by Gasteiger charge is 2.08. The van der Waals surface area contributed by atoms with Gasteiger partial charge in [0.25, 0.3) is 0 Å². The number of nitrogens with zero attached hydrogens (tertiary/aromatic N) is 6. The minimum Gasteiger partial charge on any atom is -0.394 e. The molecule has 0 spiro atoms. The lowest BCUT2D eigenvalue weighted by molar-refractivity contribution is 0.262. The second-order valence-electron chi connectivity index (χ2n) is 3.32. The summed E-state index contributed by atoms with van der Waals surface area (Å²) < 4.78 is 1.52. The van der Waals surface area contributed by atoms with E-state index in [2.05, 4.69) is 20.5 Å². The average molecular weight is 262 g/mol. The van der Waals surface area contributed by atoms with E-state index >= 15 is 0 Å². The van der Waals surface area contributed by atoms with Crippen molar-refractivity contribution in [1.82, 2.24) is 25.2 Å². The fourth-order valence-corrected chi connectivity index (χ4v) is 2.22. The van der Waals surface area contributed by atoms with E-state index in [1.165, 1.54) is 16.4 Å². The standard InChI is InChI=1S/C10H10N6OS/c11-6-9-8(2-1-3-12-9)7-18-10-13-14-15-16(10)4-5-17/h1-3,17H,4-5,7H2. The molecular formula is C10H10N6OS. The van der Waals surface area contributed by atoms with E-state index in [4.69, 9.17) is 10.4 Å². The fraction of sp³-hybridized carbons (Fsp3) is 0.300. The average Bonchev–Trinajstić information content (AvgIpc) is 2.84. The van der Waals surface area contributed by atoms with Gasteiger partial charge in [-0.2, -0.15) is 5.26 Å². The van der Waals surface area contributed by atoms with Crippen molar-refractivity contribution in [3.8, 4) is 6.07 Å². The van der Waals surface area contributed by atoms with Crippen LogP contribution in [-0.2, 0) is 12.3 Å². The molecule has 0 fully saturated rings. The Morgan fingerprint density at radius 1 is 1.50 bits per heavy atom. The van der Waals surface area contributed by atoms with Gasteiger partial charge < -0.3 is 5.11 Å². The molecule has 18 heavy (non-hydrogen) atoms. The number of tetrazole rings is 1. The molecule has 0 saturated carbocycles. The zero-order valence-electron chi connectivity index (χ0n) is 9.39. The molecule has 8 heteroatoms. The van der Waals surface area contributed by atoms with Crippen molar-refractivity contribution in [2.45, 2.75) is 17.5 Å². The maximum Gasteiger partial charge on any atom is 0.209 e. The predicted octanol–water partition coefficient (Wildman–Crippen LogP) is 0.224. The number of hydrogen-bond acceptors (Lipinski definition) is 7. The van der Waals surface area contributed by atoms with Crippen LogP contribution in [0.3, 0.4) is 0 Å². The third-order valence-corrected chi connectivity index (χ3v) is 3.17. The monoisotopic (exact) mass is 262 g/mol. The van der Waals surface area contributed by atoms with Gasteiger partial charge >= 0.3 is 0 Å². The van der Waals surface area contributed by atoms with Crippen LogP contribution < -0.4 is 0 Å². The molecule has 2 rings (SSSR count).